The maximum absolute atomic E-state index is 13.2. The van der Waals surface area contributed by atoms with Gasteiger partial charge in [-0.3, -0.25) is 4.98 Å². The van der Waals surface area contributed by atoms with Gasteiger partial charge in [-0.1, -0.05) is 17.7 Å². The number of hydrogen-bond acceptors (Lipinski definition) is 6. The zero-order valence-corrected chi connectivity index (χ0v) is 17.0. The van der Waals surface area contributed by atoms with Gasteiger partial charge in [0.2, 0.25) is 6.36 Å². The van der Waals surface area contributed by atoms with Crippen molar-refractivity contribution in [3.8, 4) is 22.9 Å². The highest BCUT2D eigenvalue weighted by Crippen LogP contribution is 2.35. The largest absolute Gasteiger partial charge is 0.495 e. The third-order valence-electron chi connectivity index (χ3n) is 4.28. The van der Waals surface area contributed by atoms with E-state index in [4.69, 9.17) is 21.1 Å². The molecule has 0 amide bonds. The molecular weight excluding hydrogens is 407 g/mol. The predicted molar refractivity (Wildman–Crippen MR) is 115 cm³/mol. The van der Waals surface area contributed by atoms with E-state index in [1.807, 2.05) is 18.2 Å². The fraction of sp³-hybridized carbons (Fsp3) is 0.136. The van der Waals surface area contributed by atoms with Crippen LogP contribution in [0.2, 0.25) is 5.02 Å². The zero-order chi connectivity index (χ0) is 21.1. The topological polar surface area (TPSA) is 69.2 Å². The quantitative estimate of drug-likeness (QED) is 0.422. The molecule has 0 spiro atoms. The van der Waals surface area contributed by atoms with E-state index >= 15 is 0 Å². The van der Waals surface area contributed by atoms with E-state index in [0.29, 0.717) is 44.8 Å². The molecule has 0 radical (unpaired) electrons. The highest BCUT2D eigenvalue weighted by atomic mass is 35.5. The lowest BCUT2D eigenvalue weighted by atomic mass is 10.2. The van der Waals surface area contributed by atoms with Gasteiger partial charge in [0.1, 0.15) is 17.3 Å². The summed E-state index contributed by atoms with van der Waals surface area (Å²) in [7, 11) is 1.55. The molecule has 2 aromatic carbocycles. The maximum Gasteiger partial charge on any atom is 0.235 e. The van der Waals surface area contributed by atoms with Crippen molar-refractivity contribution >= 4 is 34.0 Å². The Hall–Kier alpha value is -3.45. The third kappa shape index (κ3) is 4.26. The van der Waals surface area contributed by atoms with Crippen LogP contribution in [0.25, 0.3) is 22.3 Å². The van der Waals surface area contributed by atoms with Crippen LogP contribution in [-0.2, 0) is 0 Å². The molecule has 1 N–H and O–H groups in total. The molecular formula is C22H18ClFN4O2. The van der Waals surface area contributed by atoms with Crippen molar-refractivity contribution in [3.63, 3.8) is 0 Å². The highest BCUT2D eigenvalue weighted by molar-refractivity contribution is 6.33. The van der Waals surface area contributed by atoms with Crippen LogP contribution in [0.4, 0.5) is 15.9 Å². The molecule has 4 rings (SSSR count). The summed E-state index contributed by atoms with van der Waals surface area (Å²) in [6.07, 6.45) is 1.96. The van der Waals surface area contributed by atoms with E-state index in [2.05, 4.69) is 20.3 Å². The molecule has 2 heterocycles. The summed E-state index contributed by atoms with van der Waals surface area (Å²) in [6, 6.07) is 14.2. The molecule has 2 aromatic heterocycles. The Kier molecular flexibility index (Phi) is 5.63. The molecule has 0 aliphatic carbocycles. The Morgan fingerprint density at radius 1 is 1.10 bits per heavy atom. The lowest BCUT2D eigenvalue weighted by Gasteiger charge is -2.14. The van der Waals surface area contributed by atoms with E-state index < -0.39 is 6.36 Å². The number of pyridine rings is 1. The second kappa shape index (κ2) is 8.51. The molecule has 0 saturated heterocycles. The van der Waals surface area contributed by atoms with Crippen LogP contribution in [0.5, 0.6) is 11.5 Å². The van der Waals surface area contributed by atoms with Gasteiger partial charge in [0.05, 0.1) is 17.6 Å². The summed E-state index contributed by atoms with van der Waals surface area (Å²) >= 11 is 6.31. The van der Waals surface area contributed by atoms with Gasteiger partial charge in [-0.25, -0.2) is 14.4 Å². The average molecular weight is 425 g/mol. The van der Waals surface area contributed by atoms with Gasteiger partial charge in [-0.15, -0.1) is 0 Å². The van der Waals surface area contributed by atoms with Crippen LogP contribution in [0.3, 0.4) is 0 Å². The Morgan fingerprint density at radius 2 is 1.97 bits per heavy atom. The van der Waals surface area contributed by atoms with Crippen LogP contribution >= 0.6 is 11.6 Å². The van der Waals surface area contributed by atoms with E-state index in [-0.39, 0.29) is 0 Å². The minimum atomic E-state index is -1.41. The number of hydrogen-bond donors (Lipinski definition) is 1. The van der Waals surface area contributed by atoms with Crippen molar-refractivity contribution in [2.75, 3.05) is 12.4 Å². The third-order valence-corrected chi connectivity index (χ3v) is 4.58. The zero-order valence-electron chi connectivity index (χ0n) is 16.3. The van der Waals surface area contributed by atoms with E-state index in [1.54, 1.807) is 49.8 Å². The van der Waals surface area contributed by atoms with Crippen LogP contribution in [0, 0.1) is 0 Å². The highest BCUT2D eigenvalue weighted by Gasteiger charge is 2.14. The van der Waals surface area contributed by atoms with Crippen LogP contribution in [0.15, 0.2) is 60.9 Å². The molecule has 1 atom stereocenters. The number of nitrogens with one attached hydrogen (secondary N) is 1. The van der Waals surface area contributed by atoms with Crippen molar-refractivity contribution in [1.82, 2.24) is 15.0 Å². The Bertz CT molecular complexity index is 1190. The number of ether oxygens (including phenoxy) is 2. The fourth-order valence-electron chi connectivity index (χ4n) is 2.98. The van der Waals surface area contributed by atoms with Gasteiger partial charge < -0.3 is 14.8 Å². The van der Waals surface area contributed by atoms with Crippen LogP contribution < -0.4 is 14.8 Å². The average Bonchev–Trinajstić information content (AvgIpc) is 2.73. The van der Waals surface area contributed by atoms with Crippen molar-refractivity contribution in [2.45, 2.75) is 13.3 Å². The summed E-state index contributed by atoms with van der Waals surface area (Å²) in [5.41, 5.74) is 2.08. The summed E-state index contributed by atoms with van der Waals surface area (Å²) in [5, 5.41) is 4.43. The first kappa shape index (κ1) is 19.8. The van der Waals surface area contributed by atoms with E-state index in [0.717, 1.165) is 5.56 Å². The normalized spacial score (nSPS) is 11.9. The Morgan fingerprint density at radius 3 is 2.70 bits per heavy atom. The van der Waals surface area contributed by atoms with Gasteiger partial charge in [-0.05, 0) is 36.4 Å². The summed E-state index contributed by atoms with van der Waals surface area (Å²) < 4.78 is 23.7. The van der Waals surface area contributed by atoms with Crippen LogP contribution in [0.1, 0.15) is 6.92 Å². The van der Waals surface area contributed by atoms with Gasteiger partial charge in [0.15, 0.2) is 5.82 Å². The van der Waals surface area contributed by atoms with Crippen molar-refractivity contribution in [2.24, 2.45) is 0 Å². The molecule has 6 nitrogen and oxygen atoms in total. The molecule has 1 unspecified atom stereocenters. The van der Waals surface area contributed by atoms with Gasteiger partial charge in [0, 0.05) is 42.0 Å². The monoisotopic (exact) mass is 424 g/mol. The Labute approximate surface area is 177 Å². The lowest BCUT2D eigenvalue weighted by Crippen LogP contribution is -2.04. The van der Waals surface area contributed by atoms with Gasteiger partial charge >= 0.3 is 0 Å². The number of benzene rings is 2. The number of methoxy groups -OCH3 is 1. The standard InChI is InChI=1S/C22H18ClFN4O2/c1-13(24)30-16-7-3-6-15(9-16)26-22-17-10-20(29-2)18(23)11-19(17)27-21(28-22)14-5-4-8-25-12-14/h3-13H,1-2H3,(H,26,27,28). The first-order chi connectivity index (χ1) is 14.5. The summed E-state index contributed by atoms with van der Waals surface area (Å²) in [5.74, 6) is 1.94. The Balaban J connectivity index is 1.84. The van der Waals surface area contributed by atoms with Crippen LogP contribution in [-0.4, -0.2) is 28.4 Å². The first-order valence-corrected chi connectivity index (χ1v) is 9.55. The number of alkyl halides is 1. The lowest BCUT2D eigenvalue weighted by molar-refractivity contribution is 0.0861. The molecule has 0 saturated carbocycles. The van der Waals surface area contributed by atoms with Crippen molar-refractivity contribution in [3.05, 3.63) is 65.9 Å². The summed E-state index contributed by atoms with van der Waals surface area (Å²) in [4.78, 5) is 13.5. The number of rotatable bonds is 6. The predicted octanol–water partition coefficient (Wildman–Crippen LogP) is 5.79. The number of aromatic nitrogens is 3. The number of fused-ring (bicyclic) bond motifs is 1. The summed E-state index contributed by atoms with van der Waals surface area (Å²) in [6.45, 7) is 1.33. The SMILES string of the molecule is COc1cc2c(Nc3cccc(OC(C)F)c3)nc(-c3cccnc3)nc2cc1Cl. The molecule has 4 aromatic rings. The van der Waals surface area contributed by atoms with Gasteiger partial charge in [-0.2, -0.15) is 0 Å². The maximum atomic E-state index is 13.2. The van der Waals surface area contributed by atoms with E-state index in [1.165, 1.54) is 6.92 Å². The van der Waals surface area contributed by atoms with Crippen molar-refractivity contribution < 1.29 is 13.9 Å². The smallest absolute Gasteiger partial charge is 0.235 e. The molecule has 0 fully saturated rings. The number of anilines is 2. The second-order valence-corrected chi connectivity index (χ2v) is 6.86. The molecule has 30 heavy (non-hydrogen) atoms. The molecule has 152 valence electrons. The number of halogens is 2. The fourth-order valence-corrected chi connectivity index (χ4v) is 3.21. The molecule has 0 bridgehead atoms. The van der Waals surface area contributed by atoms with Crippen molar-refractivity contribution in [1.29, 1.82) is 0 Å². The molecule has 0 aliphatic heterocycles. The van der Waals surface area contributed by atoms with E-state index in [9.17, 15) is 4.39 Å². The molecule has 0 aliphatic rings. The minimum absolute atomic E-state index is 0.404. The molecule has 8 heteroatoms. The first-order valence-electron chi connectivity index (χ1n) is 9.17. The second-order valence-electron chi connectivity index (χ2n) is 6.46. The van der Waals surface area contributed by atoms with Gasteiger partial charge in [0.25, 0.3) is 0 Å². The minimum Gasteiger partial charge on any atom is -0.495 e. The number of nitrogens with zero attached hydrogens (tertiary/aromatic N) is 3.